The molecule has 128 valence electrons. The Morgan fingerprint density at radius 2 is 1.92 bits per heavy atom. The van der Waals surface area contributed by atoms with E-state index in [2.05, 4.69) is 4.99 Å². The van der Waals surface area contributed by atoms with Gasteiger partial charge in [-0.1, -0.05) is 29.8 Å². The van der Waals surface area contributed by atoms with Crippen molar-refractivity contribution in [1.29, 1.82) is 0 Å². The number of amides is 1. The fourth-order valence-electron chi connectivity index (χ4n) is 2.26. The molecule has 0 atom stereocenters. The van der Waals surface area contributed by atoms with Crippen LogP contribution in [0.5, 0.6) is 5.75 Å². The number of hydrogen-bond donors (Lipinski definition) is 0. The molecular weight excluding hydrogens is 356 g/mol. The van der Waals surface area contributed by atoms with Gasteiger partial charge in [-0.05, 0) is 60.2 Å². The maximum absolute atomic E-state index is 12.5. The second-order valence-corrected chi connectivity index (χ2v) is 6.99. The third-order valence-corrected chi connectivity index (χ3v) is 5.26. The highest BCUT2D eigenvalue weighted by molar-refractivity contribution is 8.18. The lowest BCUT2D eigenvalue weighted by Gasteiger charge is -2.07. The molecule has 4 nitrogen and oxygen atoms in total. The van der Waals surface area contributed by atoms with E-state index in [9.17, 15) is 4.79 Å². The summed E-state index contributed by atoms with van der Waals surface area (Å²) in [6.45, 7) is 1.94. The second kappa shape index (κ2) is 7.33. The van der Waals surface area contributed by atoms with Gasteiger partial charge in [0, 0.05) is 12.1 Å². The summed E-state index contributed by atoms with van der Waals surface area (Å²) in [6, 6.07) is 13.2. The number of aliphatic imine (C=N–C) groups is 1. The third kappa shape index (κ3) is 3.89. The minimum absolute atomic E-state index is 0.0715. The molecule has 0 saturated carbocycles. The number of likely N-dealkylation sites (N-methyl/N-ethyl adjacent to an activating group) is 1. The SMILES string of the molecule is COc1ccc(/C=C2\SC(=Nc3ccc(C)c(Cl)c3)N(C)C2=O)cc1. The third-order valence-electron chi connectivity index (χ3n) is 3.80. The average molecular weight is 373 g/mol. The van der Waals surface area contributed by atoms with Crippen LogP contribution in [0.2, 0.25) is 5.02 Å². The second-order valence-electron chi connectivity index (χ2n) is 5.58. The maximum Gasteiger partial charge on any atom is 0.266 e. The molecule has 1 heterocycles. The van der Waals surface area contributed by atoms with Crippen LogP contribution in [0, 0.1) is 6.92 Å². The van der Waals surface area contributed by atoms with Gasteiger partial charge in [-0.3, -0.25) is 9.69 Å². The van der Waals surface area contributed by atoms with Crippen molar-refractivity contribution >= 4 is 46.2 Å². The molecule has 2 aromatic carbocycles. The maximum atomic E-state index is 12.5. The zero-order valence-corrected chi connectivity index (χ0v) is 15.7. The molecule has 3 rings (SSSR count). The summed E-state index contributed by atoms with van der Waals surface area (Å²) < 4.78 is 5.15. The molecule has 1 amide bonds. The van der Waals surface area contributed by atoms with Crippen LogP contribution in [0.15, 0.2) is 52.4 Å². The summed E-state index contributed by atoms with van der Waals surface area (Å²) in [6.07, 6.45) is 1.85. The summed E-state index contributed by atoms with van der Waals surface area (Å²) in [7, 11) is 3.34. The summed E-state index contributed by atoms with van der Waals surface area (Å²) in [4.78, 5) is 19.2. The first-order valence-electron chi connectivity index (χ1n) is 7.64. The van der Waals surface area contributed by atoms with E-state index in [0.717, 1.165) is 22.6 Å². The number of ether oxygens (including phenoxy) is 1. The van der Waals surface area contributed by atoms with Gasteiger partial charge in [0.25, 0.3) is 5.91 Å². The van der Waals surface area contributed by atoms with Gasteiger partial charge in [0.05, 0.1) is 17.7 Å². The number of amidine groups is 1. The van der Waals surface area contributed by atoms with Gasteiger partial charge in [0.1, 0.15) is 5.75 Å². The Labute approximate surface area is 156 Å². The normalized spacial score (nSPS) is 17.6. The monoisotopic (exact) mass is 372 g/mol. The molecule has 0 aromatic heterocycles. The van der Waals surface area contributed by atoms with Crippen LogP contribution < -0.4 is 4.74 Å². The number of rotatable bonds is 3. The molecule has 0 aliphatic carbocycles. The van der Waals surface area contributed by atoms with E-state index < -0.39 is 0 Å². The van der Waals surface area contributed by atoms with Crippen molar-refractivity contribution < 1.29 is 9.53 Å². The van der Waals surface area contributed by atoms with Crippen LogP contribution in [0.3, 0.4) is 0 Å². The Morgan fingerprint density at radius 1 is 1.20 bits per heavy atom. The number of methoxy groups -OCH3 is 1. The molecule has 0 bridgehead atoms. The van der Waals surface area contributed by atoms with Crippen molar-refractivity contribution in [3.05, 3.63) is 63.5 Å². The van der Waals surface area contributed by atoms with Crippen LogP contribution in [0.1, 0.15) is 11.1 Å². The predicted octanol–water partition coefficient (Wildman–Crippen LogP) is 4.89. The summed E-state index contributed by atoms with van der Waals surface area (Å²) in [5, 5.41) is 1.29. The Morgan fingerprint density at radius 3 is 2.56 bits per heavy atom. The van der Waals surface area contributed by atoms with Crippen LogP contribution in [0.25, 0.3) is 6.08 Å². The Balaban J connectivity index is 1.87. The number of aryl methyl sites for hydroxylation is 1. The van der Waals surface area contributed by atoms with Crippen LogP contribution >= 0.6 is 23.4 Å². The molecule has 0 unspecified atom stereocenters. The van der Waals surface area contributed by atoms with Crippen molar-refractivity contribution in [3.8, 4) is 5.75 Å². The lowest BCUT2D eigenvalue weighted by molar-refractivity contribution is -0.121. The molecule has 25 heavy (non-hydrogen) atoms. The average Bonchev–Trinajstić information content (AvgIpc) is 2.87. The molecule has 1 saturated heterocycles. The van der Waals surface area contributed by atoms with Crippen LogP contribution in [-0.4, -0.2) is 30.1 Å². The van der Waals surface area contributed by atoms with E-state index in [-0.39, 0.29) is 5.91 Å². The van der Waals surface area contributed by atoms with Crippen molar-refractivity contribution in [3.63, 3.8) is 0 Å². The zero-order chi connectivity index (χ0) is 18.0. The smallest absolute Gasteiger partial charge is 0.266 e. The van der Waals surface area contributed by atoms with Gasteiger partial charge in [0.15, 0.2) is 5.17 Å². The van der Waals surface area contributed by atoms with Gasteiger partial charge in [-0.15, -0.1) is 0 Å². The number of benzene rings is 2. The Kier molecular flexibility index (Phi) is 5.16. The fourth-order valence-corrected chi connectivity index (χ4v) is 3.43. The van der Waals surface area contributed by atoms with E-state index in [4.69, 9.17) is 16.3 Å². The molecule has 1 aliphatic rings. The first kappa shape index (κ1) is 17.6. The highest BCUT2D eigenvalue weighted by atomic mass is 35.5. The molecule has 1 aliphatic heterocycles. The Hall–Kier alpha value is -2.24. The predicted molar refractivity (Wildman–Crippen MR) is 105 cm³/mol. The number of nitrogens with zero attached hydrogens (tertiary/aromatic N) is 2. The minimum atomic E-state index is -0.0715. The van der Waals surface area contributed by atoms with E-state index in [1.165, 1.54) is 11.8 Å². The van der Waals surface area contributed by atoms with Gasteiger partial charge in [-0.2, -0.15) is 0 Å². The van der Waals surface area contributed by atoms with E-state index in [0.29, 0.717) is 15.1 Å². The van der Waals surface area contributed by atoms with E-state index in [1.807, 2.05) is 49.4 Å². The van der Waals surface area contributed by atoms with Crippen molar-refractivity contribution in [2.75, 3.05) is 14.2 Å². The molecule has 1 fully saturated rings. The summed E-state index contributed by atoms with van der Waals surface area (Å²) in [5.74, 6) is 0.709. The van der Waals surface area contributed by atoms with Crippen molar-refractivity contribution in [2.24, 2.45) is 4.99 Å². The van der Waals surface area contributed by atoms with Gasteiger partial charge < -0.3 is 4.74 Å². The van der Waals surface area contributed by atoms with Crippen molar-refractivity contribution in [1.82, 2.24) is 4.90 Å². The first-order chi connectivity index (χ1) is 12.0. The lowest BCUT2D eigenvalue weighted by Crippen LogP contribution is -2.23. The Bertz CT molecular complexity index is 875. The highest BCUT2D eigenvalue weighted by Crippen LogP contribution is 2.34. The fraction of sp³-hybridized carbons (Fsp3) is 0.158. The lowest BCUT2D eigenvalue weighted by atomic mass is 10.2. The van der Waals surface area contributed by atoms with E-state index in [1.54, 1.807) is 25.1 Å². The summed E-state index contributed by atoms with van der Waals surface area (Å²) in [5.41, 5.74) is 2.65. The number of thioether (sulfide) groups is 1. The molecule has 2 aromatic rings. The standard InChI is InChI=1S/C19H17ClN2O2S/c1-12-4-7-14(11-16(12)20)21-19-22(2)18(23)17(25-19)10-13-5-8-15(24-3)9-6-13/h4-11H,1-3H3/b17-10-,21-19?. The molecule has 6 heteroatoms. The quantitative estimate of drug-likeness (QED) is 0.720. The van der Waals surface area contributed by atoms with Crippen LogP contribution in [0.4, 0.5) is 5.69 Å². The largest absolute Gasteiger partial charge is 0.497 e. The number of carbonyl (C=O) groups excluding carboxylic acids is 1. The highest BCUT2D eigenvalue weighted by Gasteiger charge is 2.30. The van der Waals surface area contributed by atoms with Crippen LogP contribution in [-0.2, 0) is 4.79 Å². The van der Waals surface area contributed by atoms with Gasteiger partial charge in [-0.25, -0.2) is 4.99 Å². The molecule has 0 N–H and O–H groups in total. The van der Waals surface area contributed by atoms with Gasteiger partial charge in [0.2, 0.25) is 0 Å². The molecule has 0 radical (unpaired) electrons. The molecule has 0 spiro atoms. The van der Waals surface area contributed by atoms with Gasteiger partial charge >= 0.3 is 0 Å². The number of hydrogen-bond acceptors (Lipinski definition) is 4. The summed E-state index contributed by atoms with van der Waals surface area (Å²) >= 11 is 7.50. The molecular formula is C19H17ClN2O2S. The number of halogens is 1. The topological polar surface area (TPSA) is 41.9 Å². The first-order valence-corrected chi connectivity index (χ1v) is 8.84. The van der Waals surface area contributed by atoms with E-state index >= 15 is 0 Å². The number of carbonyl (C=O) groups is 1. The minimum Gasteiger partial charge on any atom is -0.497 e. The van der Waals surface area contributed by atoms with Crippen molar-refractivity contribution in [2.45, 2.75) is 6.92 Å². The zero-order valence-electron chi connectivity index (χ0n) is 14.1.